The van der Waals surface area contributed by atoms with E-state index in [1.165, 1.54) is 24.8 Å². The van der Waals surface area contributed by atoms with Crippen molar-refractivity contribution in [1.82, 2.24) is 9.55 Å². The summed E-state index contributed by atoms with van der Waals surface area (Å²) in [6.07, 6.45) is 3.74. The van der Waals surface area contributed by atoms with E-state index in [0.717, 1.165) is 35.6 Å². The summed E-state index contributed by atoms with van der Waals surface area (Å²) >= 11 is 0. The van der Waals surface area contributed by atoms with Gasteiger partial charge in [-0.15, -0.1) is 0 Å². The summed E-state index contributed by atoms with van der Waals surface area (Å²) in [7, 11) is 0. The van der Waals surface area contributed by atoms with Crippen molar-refractivity contribution in [1.29, 1.82) is 0 Å². The molecule has 26 heavy (non-hydrogen) atoms. The minimum Gasteiger partial charge on any atom is -0.342 e. The normalized spacial score (nSPS) is 15.0. The summed E-state index contributed by atoms with van der Waals surface area (Å²) in [5.41, 5.74) is 5.97. The number of aryl methyl sites for hydroxylation is 3. The van der Waals surface area contributed by atoms with E-state index >= 15 is 0 Å². The number of nitrogens with zero attached hydrogens (tertiary/aromatic N) is 3. The first-order valence-corrected chi connectivity index (χ1v) is 9.50. The van der Waals surface area contributed by atoms with Crippen LogP contribution in [0.3, 0.4) is 0 Å². The number of imidazole rings is 1. The Hall–Kier alpha value is -2.36. The SMILES string of the molecule is Cc1ccc2nc(N3CCCCC3)n(Cc3cc(C)c(F)c(C)c3)c2c1. The van der Waals surface area contributed by atoms with Gasteiger partial charge in [0.2, 0.25) is 5.95 Å². The minimum atomic E-state index is -0.101. The highest BCUT2D eigenvalue weighted by molar-refractivity contribution is 5.80. The third-order valence-corrected chi connectivity index (χ3v) is 5.36. The second-order valence-corrected chi connectivity index (χ2v) is 7.58. The zero-order chi connectivity index (χ0) is 18.3. The van der Waals surface area contributed by atoms with Gasteiger partial charge >= 0.3 is 0 Å². The molecular formula is C22H26FN3. The molecule has 136 valence electrons. The minimum absolute atomic E-state index is 0.101. The lowest BCUT2D eigenvalue weighted by Crippen LogP contribution is -2.32. The van der Waals surface area contributed by atoms with Crippen molar-refractivity contribution in [3.8, 4) is 0 Å². The number of hydrogen-bond donors (Lipinski definition) is 0. The van der Waals surface area contributed by atoms with Gasteiger partial charge in [0.25, 0.3) is 0 Å². The number of benzene rings is 2. The Balaban J connectivity index is 1.82. The molecule has 0 amide bonds. The van der Waals surface area contributed by atoms with Crippen LogP contribution < -0.4 is 4.90 Å². The van der Waals surface area contributed by atoms with Crippen molar-refractivity contribution in [2.24, 2.45) is 0 Å². The third kappa shape index (κ3) is 3.09. The van der Waals surface area contributed by atoms with Crippen LogP contribution in [0.5, 0.6) is 0 Å². The van der Waals surface area contributed by atoms with E-state index < -0.39 is 0 Å². The summed E-state index contributed by atoms with van der Waals surface area (Å²) in [4.78, 5) is 7.36. The molecule has 3 nitrogen and oxygen atoms in total. The van der Waals surface area contributed by atoms with E-state index in [9.17, 15) is 4.39 Å². The van der Waals surface area contributed by atoms with Crippen LogP contribution in [0, 0.1) is 26.6 Å². The van der Waals surface area contributed by atoms with Crippen LogP contribution in [0.4, 0.5) is 10.3 Å². The second kappa shape index (κ2) is 6.75. The van der Waals surface area contributed by atoms with E-state index in [4.69, 9.17) is 4.98 Å². The van der Waals surface area contributed by atoms with Crippen molar-refractivity contribution >= 4 is 17.0 Å². The standard InChI is InChI=1S/C22H26FN3/c1-15-7-8-19-20(11-15)26(22(24-19)25-9-5-4-6-10-25)14-18-12-16(2)21(23)17(3)13-18/h7-8,11-13H,4-6,9-10,14H2,1-3H3. The third-order valence-electron chi connectivity index (χ3n) is 5.36. The van der Waals surface area contributed by atoms with Crippen LogP contribution in [0.1, 0.15) is 41.5 Å². The van der Waals surface area contributed by atoms with Gasteiger partial charge in [-0.2, -0.15) is 0 Å². The molecule has 0 saturated carbocycles. The largest absolute Gasteiger partial charge is 0.342 e. The van der Waals surface area contributed by atoms with Crippen LogP contribution in [0.15, 0.2) is 30.3 Å². The smallest absolute Gasteiger partial charge is 0.206 e. The predicted molar refractivity (Wildman–Crippen MR) is 106 cm³/mol. The first kappa shape index (κ1) is 17.1. The maximum absolute atomic E-state index is 14.0. The molecule has 0 bridgehead atoms. The Morgan fingerprint density at radius 1 is 0.962 bits per heavy atom. The lowest BCUT2D eigenvalue weighted by Gasteiger charge is -2.28. The highest BCUT2D eigenvalue weighted by Crippen LogP contribution is 2.28. The van der Waals surface area contributed by atoms with Gasteiger partial charge in [0, 0.05) is 13.1 Å². The Morgan fingerprint density at radius 2 is 1.65 bits per heavy atom. The summed E-state index contributed by atoms with van der Waals surface area (Å²) in [6, 6.07) is 10.4. The summed E-state index contributed by atoms with van der Waals surface area (Å²) in [5, 5.41) is 0. The molecule has 1 aliphatic rings. The molecule has 2 heterocycles. The average molecular weight is 351 g/mol. The zero-order valence-electron chi connectivity index (χ0n) is 15.8. The van der Waals surface area contributed by atoms with E-state index in [1.54, 1.807) is 0 Å². The Labute approximate surface area is 154 Å². The molecular weight excluding hydrogens is 325 g/mol. The number of aromatic nitrogens is 2. The van der Waals surface area contributed by atoms with Crippen LogP contribution in [-0.4, -0.2) is 22.6 Å². The number of hydrogen-bond acceptors (Lipinski definition) is 2. The van der Waals surface area contributed by atoms with Gasteiger partial charge in [-0.25, -0.2) is 9.37 Å². The van der Waals surface area contributed by atoms with E-state index in [0.29, 0.717) is 17.7 Å². The quantitative estimate of drug-likeness (QED) is 0.651. The van der Waals surface area contributed by atoms with Crippen molar-refractivity contribution < 1.29 is 4.39 Å². The molecule has 1 fully saturated rings. The Kier molecular flexibility index (Phi) is 4.43. The summed E-state index contributed by atoms with van der Waals surface area (Å²) in [5.74, 6) is 0.946. The summed E-state index contributed by atoms with van der Waals surface area (Å²) < 4.78 is 16.3. The number of piperidine rings is 1. The average Bonchev–Trinajstić information content (AvgIpc) is 2.98. The maximum Gasteiger partial charge on any atom is 0.206 e. The fraction of sp³-hybridized carbons (Fsp3) is 0.409. The van der Waals surface area contributed by atoms with Gasteiger partial charge in [0.05, 0.1) is 17.6 Å². The fourth-order valence-corrected chi connectivity index (χ4v) is 4.02. The zero-order valence-corrected chi connectivity index (χ0v) is 15.8. The van der Waals surface area contributed by atoms with Crippen LogP contribution in [0.25, 0.3) is 11.0 Å². The van der Waals surface area contributed by atoms with Crippen molar-refractivity contribution in [3.63, 3.8) is 0 Å². The molecule has 0 radical (unpaired) electrons. The topological polar surface area (TPSA) is 21.1 Å². The van der Waals surface area contributed by atoms with Gasteiger partial charge in [-0.1, -0.05) is 18.2 Å². The van der Waals surface area contributed by atoms with Crippen molar-refractivity contribution in [2.45, 2.75) is 46.6 Å². The van der Waals surface area contributed by atoms with Crippen molar-refractivity contribution in [2.75, 3.05) is 18.0 Å². The van der Waals surface area contributed by atoms with Gasteiger partial charge in [0.1, 0.15) is 5.82 Å². The molecule has 4 heteroatoms. The highest BCUT2D eigenvalue weighted by atomic mass is 19.1. The molecule has 1 aliphatic heterocycles. The van der Waals surface area contributed by atoms with E-state index in [2.05, 4.69) is 34.6 Å². The van der Waals surface area contributed by atoms with Crippen LogP contribution in [0.2, 0.25) is 0 Å². The molecule has 1 saturated heterocycles. The van der Waals surface area contributed by atoms with Gasteiger partial charge < -0.3 is 9.47 Å². The highest BCUT2D eigenvalue weighted by Gasteiger charge is 2.20. The van der Waals surface area contributed by atoms with Gasteiger partial charge in [0.15, 0.2) is 0 Å². The first-order valence-electron chi connectivity index (χ1n) is 9.50. The molecule has 3 aromatic rings. The fourth-order valence-electron chi connectivity index (χ4n) is 4.02. The monoisotopic (exact) mass is 351 g/mol. The molecule has 4 rings (SSSR count). The first-order chi connectivity index (χ1) is 12.5. The van der Waals surface area contributed by atoms with E-state index in [1.807, 2.05) is 26.0 Å². The molecule has 1 aromatic heterocycles. The van der Waals surface area contributed by atoms with Crippen molar-refractivity contribution in [3.05, 3.63) is 58.4 Å². The second-order valence-electron chi connectivity index (χ2n) is 7.58. The van der Waals surface area contributed by atoms with Crippen LogP contribution in [-0.2, 0) is 6.54 Å². The lowest BCUT2D eigenvalue weighted by atomic mass is 10.1. The number of anilines is 1. The predicted octanol–water partition coefficient (Wildman–Crippen LogP) is 5.14. The number of fused-ring (bicyclic) bond motifs is 1. The number of rotatable bonds is 3. The Bertz CT molecular complexity index is 928. The maximum atomic E-state index is 14.0. The molecule has 2 aromatic carbocycles. The van der Waals surface area contributed by atoms with Gasteiger partial charge in [-0.05, 0) is 74.4 Å². The van der Waals surface area contributed by atoms with Crippen LogP contribution >= 0.6 is 0 Å². The molecule has 0 unspecified atom stereocenters. The molecule has 0 atom stereocenters. The lowest BCUT2D eigenvalue weighted by molar-refractivity contribution is 0.560. The molecule has 0 spiro atoms. The molecule has 0 aliphatic carbocycles. The number of halogens is 1. The molecule has 0 N–H and O–H groups in total. The van der Waals surface area contributed by atoms with E-state index in [-0.39, 0.29) is 5.82 Å². The Morgan fingerprint density at radius 3 is 2.35 bits per heavy atom. The van der Waals surface area contributed by atoms with Gasteiger partial charge in [-0.3, -0.25) is 0 Å². The summed E-state index contributed by atoms with van der Waals surface area (Å²) in [6.45, 7) is 8.63.